The third-order valence-corrected chi connectivity index (χ3v) is 5.38. The molecule has 1 aliphatic carbocycles. The molecule has 26 heavy (non-hydrogen) atoms. The van der Waals surface area contributed by atoms with Gasteiger partial charge >= 0.3 is 0 Å². The number of likely N-dealkylation sites (N-methyl/N-ethyl adjacent to an activating group) is 1. The van der Waals surface area contributed by atoms with Gasteiger partial charge in [-0.05, 0) is 56.5 Å². The van der Waals surface area contributed by atoms with Crippen LogP contribution in [0, 0.1) is 17.8 Å². The van der Waals surface area contributed by atoms with Crippen LogP contribution in [0.4, 0.5) is 0 Å². The smallest absolute Gasteiger partial charge is 0.253 e. The molecule has 142 valence electrons. The second-order valence-corrected chi connectivity index (χ2v) is 7.28. The number of benzene rings is 1. The Kier molecular flexibility index (Phi) is 8.44. The van der Waals surface area contributed by atoms with Crippen molar-refractivity contribution in [2.45, 2.75) is 38.6 Å². The molecule has 0 unspecified atom stereocenters. The highest BCUT2D eigenvalue weighted by molar-refractivity contribution is 6.30. The first-order chi connectivity index (χ1) is 12.5. The highest BCUT2D eigenvalue weighted by Gasteiger charge is 2.26. The molecular weight excluding hydrogens is 348 g/mol. The summed E-state index contributed by atoms with van der Waals surface area (Å²) in [5.41, 5.74) is 0.683. The Bertz CT molecular complexity index is 628. The van der Waals surface area contributed by atoms with Gasteiger partial charge in [0.15, 0.2) is 0 Å². The van der Waals surface area contributed by atoms with Crippen molar-refractivity contribution >= 4 is 17.5 Å². The van der Waals surface area contributed by atoms with Crippen molar-refractivity contribution in [1.29, 1.82) is 0 Å². The number of aliphatic hydroxyl groups is 1. The molecule has 0 aromatic heterocycles. The summed E-state index contributed by atoms with van der Waals surface area (Å²) in [6.45, 7) is 4.55. The van der Waals surface area contributed by atoms with Gasteiger partial charge in [-0.1, -0.05) is 30.4 Å². The van der Waals surface area contributed by atoms with E-state index in [0.29, 0.717) is 29.6 Å². The molecule has 0 atom stereocenters. The van der Waals surface area contributed by atoms with Crippen LogP contribution in [0.3, 0.4) is 0 Å². The number of carbonyl (C=O) groups excluding carboxylic acids is 1. The van der Waals surface area contributed by atoms with Crippen LogP contribution in [0.25, 0.3) is 0 Å². The molecule has 1 fully saturated rings. The van der Waals surface area contributed by atoms with Crippen LogP contribution >= 0.6 is 11.6 Å². The molecule has 5 heteroatoms. The van der Waals surface area contributed by atoms with Crippen LogP contribution < -0.4 is 0 Å². The fourth-order valence-corrected chi connectivity index (χ4v) is 3.49. The number of hydrogen-bond acceptors (Lipinski definition) is 3. The van der Waals surface area contributed by atoms with E-state index >= 15 is 0 Å². The molecule has 1 amide bonds. The first-order valence-corrected chi connectivity index (χ1v) is 9.77. The molecular formula is C21H29ClN2O2. The SMILES string of the molecule is CCN(CC#CC1CCC(N(C)C(=O)c2ccc(Cl)cc2)CC1)CCO. The number of halogens is 1. The lowest BCUT2D eigenvalue weighted by atomic mass is 9.85. The molecule has 1 aromatic rings. The predicted molar refractivity (Wildman–Crippen MR) is 106 cm³/mol. The molecule has 0 bridgehead atoms. The van der Waals surface area contributed by atoms with Gasteiger partial charge in [0.05, 0.1) is 13.2 Å². The minimum atomic E-state index is 0.0544. The number of hydrogen-bond donors (Lipinski definition) is 1. The zero-order valence-corrected chi connectivity index (χ0v) is 16.5. The molecule has 0 heterocycles. The molecule has 2 rings (SSSR count). The standard InChI is InChI=1S/C21H29ClN2O2/c1-3-24(15-16-25)14-4-5-17-6-12-20(13-7-17)23(2)21(26)18-8-10-19(22)11-9-18/h8-11,17,20,25H,3,6-7,12-16H2,1-2H3. The Morgan fingerprint density at radius 3 is 2.46 bits per heavy atom. The van der Waals surface area contributed by atoms with Crippen molar-refractivity contribution < 1.29 is 9.90 Å². The normalized spacial score (nSPS) is 19.7. The number of carbonyl (C=O) groups is 1. The summed E-state index contributed by atoms with van der Waals surface area (Å²) in [4.78, 5) is 16.6. The van der Waals surface area contributed by atoms with Crippen molar-refractivity contribution in [3.63, 3.8) is 0 Å². The fourth-order valence-electron chi connectivity index (χ4n) is 3.36. The van der Waals surface area contributed by atoms with Gasteiger partial charge in [-0.25, -0.2) is 0 Å². The number of aliphatic hydroxyl groups excluding tert-OH is 1. The van der Waals surface area contributed by atoms with E-state index in [-0.39, 0.29) is 18.6 Å². The van der Waals surface area contributed by atoms with Gasteiger partial charge in [-0.3, -0.25) is 9.69 Å². The van der Waals surface area contributed by atoms with Gasteiger partial charge in [-0.15, -0.1) is 0 Å². The summed E-state index contributed by atoms with van der Waals surface area (Å²) in [5.74, 6) is 7.11. The summed E-state index contributed by atoms with van der Waals surface area (Å²) >= 11 is 5.90. The average molecular weight is 377 g/mol. The predicted octanol–water partition coefficient (Wildman–Crippen LogP) is 3.29. The third-order valence-electron chi connectivity index (χ3n) is 5.13. The first kappa shape index (κ1) is 20.8. The van der Waals surface area contributed by atoms with Crippen LogP contribution in [0.15, 0.2) is 24.3 Å². The van der Waals surface area contributed by atoms with E-state index in [1.54, 1.807) is 24.3 Å². The van der Waals surface area contributed by atoms with E-state index in [9.17, 15) is 4.79 Å². The van der Waals surface area contributed by atoms with E-state index in [1.165, 1.54) is 0 Å². The van der Waals surface area contributed by atoms with Crippen LogP contribution in [-0.4, -0.2) is 60.1 Å². The summed E-state index contributed by atoms with van der Waals surface area (Å²) in [6, 6.07) is 7.35. The minimum Gasteiger partial charge on any atom is -0.395 e. The first-order valence-electron chi connectivity index (χ1n) is 9.39. The van der Waals surface area contributed by atoms with Crippen LogP contribution in [0.2, 0.25) is 5.02 Å². The maximum atomic E-state index is 12.6. The van der Waals surface area contributed by atoms with Crippen molar-refractivity contribution in [2.75, 3.05) is 33.3 Å². The van der Waals surface area contributed by atoms with Crippen LogP contribution in [0.1, 0.15) is 43.0 Å². The van der Waals surface area contributed by atoms with Gasteiger partial charge in [0.25, 0.3) is 5.91 Å². The Morgan fingerprint density at radius 2 is 1.88 bits per heavy atom. The topological polar surface area (TPSA) is 43.8 Å². The molecule has 1 aromatic carbocycles. The summed E-state index contributed by atoms with van der Waals surface area (Å²) in [7, 11) is 1.89. The van der Waals surface area contributed by atoms with E-state index in [2.05, 4.69) is 23.7 Å². The second kappa shape index (κ2) is 10.6. The molecule has 0 radical (unpaired) electrons. The quantitative estimate of drug-likeness (QED) is 0.775. The second-order valence-electron chi connectivity index (χ2n) is 6.84. The Labute approximate surface area is 162 Å². The lowest BCUT2D eigenvalue weighted by Crippen LogP contribution is -2.39. The lowest BCUT2D eigenvalue weighted by molar-refractivity contribution is 0.0686. The molecule has 0 aliphatic heterocycles. The number of nitrogens with zero attached hydrogens (tertiary/aromatic N) is 2. The third kappa shape index (κ3) is 6.02. The van der Waals surface area contributed by atoms with Gasteiger partial charge in [0, 0.05) is 36.1 Å². The molecule has 0 saturated heterocycles. The van der Waals surface area contributed by atoms with Crippen LogP contribution in [0.5, 0.6) is 0 Å². The van der Waals surface area contributed by atoms with Crippen molar-refractivity contribution in [1.82, 2.24) is 9.80 Å². The zero-order valence-electron chi connectivity index (χ0n) is 15.7. The highest BCUT2D eigenvalue weighted by atomic mass is 35.5. The highest BCUT2D eigenvalue weighted by Crippen LogP contribution is 2.27. The molecule has 4 nitrogen and oxygen atoms in total. The Hall–Kier alpha value is -1.54. The van der Waals surface area contributed by atoms with Gasteiger partial charge in [-0.2, -0.15) is 0 Å². The van der Waals surface area contributed by atoms with E-state index in [0.717, 1.165) is 32.2 Å². The fraction of sp³-hybridized carbons (Fsp3) is 0.571. The Balaban J connectivity index is 1.82. The number of amides is 1. The largest absolute Gasteiger partial charge is 0.395 e. The van der Waals surface area contributed by atoms with E-state index in [1.807, 2.05) is 11.9 Å². The summed E-state index contributed by atoms with van der Waals surface area (Å²) in [5, 5.41) is 9.65. The molecule has 1 saturated carbocycles. The molecule has 1 N–H and O–H groups in total. The van der Waals surface area contributed by atoms with E-state index < -0.39 is 0 Å². The van der Waals surface area contributed by atoms with Crippen molar-refractivity contribution in [2.24, 2.45) is 5.92 Å². The van der Waals surface area contributed by atoms with Crippen molar-refractivity contribution in [3.8, 4) is 11.8 Å². The monoisotopic (exact) mass is 376 g/mol. The van der Waals surface area contributed by atoms with Crippen molar-refractivity contribution in [3.05, 3.63) is 34.9 Å². The zero-order chi connectivity index (χ0) is 18.9. The van der Waals surface area contributed by atoms with Crippen LogP contribution in [-0.2, 0) is 0 Å². The van der Waals surface area contributed by atoms with Gasteiger partial charge in [0.1, 0.15) is 0 Å². The maximum absolute atomic E-state index is 12.6. The molecule has 0 spiro atoms. The number of rotatable bonds is 6. The maximum Gasteiger partial charge on any atom is 0.253 e. The summed E-state index contributed by atoms with van der Waals surface area (Å²) in [6.07, 6.45) is 4.04. The Morgan fingerprint density at radius 1 is 1.23 bits per heavy atom. The average Bonchev–Trinajstić information content (AvgIpc) is 2.67. The van der Waals surface area contributed by atoms with Gasteiger partial charge < -0.3 is 10.0 Å². The lowest BCUT2D eigenvalue weighted by Gasteiger charge is -2.33. The molecule has 1 aliphatic rings. The minimum absolute atomic E-state index is 0.0544. The van der Waals surface area contributed by atoms with Gasteiger partial charge in [0.2, 0.25) is 0 Å². The van der Waals surface area contributed by atoms with E-state index in [4.69, 9.17) is 16.7 Å². The summed E-state index contributed by atoms with van der Waals surface area (Å²) < 4.78 is 0.